The van der Waals surface area contributed by atoms with Crippen molar-refractivity contribution in [1.29, 1.82) is 0 Å². The first kappa shape index (κ1) is 23.6. The van der Waals surface area contributed by atoms with Crippen LogP contribution >= 0.6 is 0 Å². The summed E-state index contributed by atoms with van der Waals surface area (Å²) in [6.07, 6.45) is 1.84. The summed E-state index contributed by atoms with van der Waals surface area (Å²) in [7, 11) is -1.33. The minimum atomic E-state index is -4.38. The molecule has 19 heavy (non-hydrogen) atoms. The first-order valence-electron chi connectivity index (χ1n) is 4.66. The topological polar surface area (TPSA) is 115 Å². The SMILES string of the molecule is C=CC(=O)C(CS(=O)(=O)[O-])N(C)C.C=CC(=O)O.[Na+]. The second-order valence-corrected chi connectivity index (χ2v) is 4.80. The minimum Gasteiger partial charge on any atom is -0.748 e. The Kier molecular flexibility index (Phi) is 14.1. The Balaban J connectivity index is -0.000000366. The van der Waals surface area contributed by atoms with Crippen LogP contribution in [-0.2, 0) is 19.7 Å². The monoisotopic (exact) mass is 301 g/mol. The molecule has 0 amide bonds. The van der Waals surface area contributed by atoms with E-state index in [1.165, 1.54) is 19.0 Å². The van der Waals surface area contributed by atoms with Crippen LogP contribution in [0.15, 0.2) is 25.3 Å². The van der Waals surface area contributed by atoms with Crippen molar-refractivity contribution in [2.45, 2.75) is 6.04 Å². The maximum Gasteiger partial charge on any atom is 1.00 e. The Hall–Kier alpha value is -0.510. The number of ketones is 1. The third kappa shape index (κ3) is 15.4. The number of carbonyl (C=O) groups excluding carboxylic acids is 1. The first-order chi connectivity index (χ1) is 8.05. The van der Waals surface area contributed by atoms with Crippen molar-refractivity contribution in [1.82, 2.24) is 4.90 Å². The average molecular weight is 301 g/mol. The molecule has 0 fully saturated rings. The van der Waals surface area contributed by atoms with Crippen LogP contribution in [0.2, 0.25) is 0 Å². The predicted octanol–water partition coefficient (Wildman–Crippen LogP) is -3.52. The number of carboxylic acids is 1. The van der Waals surface area contributed by atoms with E-state index in [2.05, 4.69) is 13.2 Å². The summed E-state index contributed by atoms with van der Waals surface area (Å²) in [5.41, 5.74) is 0. The molecule has 0 saturated carbocycles. The van der Waals surface area contributed by atoms with Crippen LogP contribution in [0.5, 0.6) is 0 Å². The summed E-state index contributed by atoms with van der Waals surface area (Å²) in [5, 5.41) is 7.60. The van der Waals surface area contributed by atoms with Gasteiger partial charge in [-0.05, 0) is 20.2 Å². The molecule has 0 heterocycles. The summed E-state index contributed by atoms with van der Waals surface area (Å²) in [6, 6.07) is -0.931. The van der Waals surface area contributed by atoms with Crippen LogP contribution in [0.25, 0.3) is 0 Å². The third-order valence-electron chi connectivity index (χ3n) is 1.69. The molecule has 0 spiro atoms. The zero-order chi connectivity index (χ0) is 14.9. The molecule has 0 aliphatic rings. The van der Waals surface area contributed by atoms with Gasteiger partial charge in [0.05, 0.1) is 21.9 Å². The van der Waals surface area contributed by atoms with Gasteiger partial charge < -0.3 is 9.66 Å². The fourth-order valence-corrected chi connectivity index (χ4v) is 1.66. The van der Waals surface area contributed by atoms with E-state index in [0.29, 0.717) is 0 Å². The van der Waals surface area contributed by atoms with E-state index in [-0.39, 0.29) is 29.6 Å². The van der Waals surface area contributed by atoms with Crippen molar-refractivity contribution < 1.29 is 57.2 Å². The molecule has 0 aromatic heterocycles. The number of rotatable bonds is 6. The van der Waals surface area contributed by atoms with E-state index in [0.717, 1.165) is 12.2 Å². The van der Waals surface area contributed by atoms with Gasteiger partial charge in [-0.25, -0.2) is 13.2 Å². The smallest absolute Gasteiger partial charge is 0.748 e. The number of carbonyl (C=O) groups is 2. The predicted molar refractivity (Wildman–Crippen MR) is 65.1 cm³/mol. The van der Waals surface area contributed by atoms with Gasteiger partial charge >= 0.3 is 35.5 Å². The fourth-order valence-electron chi connectivity index (χ4n) is 0.815. The molecule has 0 aliphatic heterocycles. The van der Waals surface area contributed by atoms with Gasteiger partial charge in [-0.3, -0.25) is 9.69 Å². The Bertz CT molecular complexity index is 418. The second kappa shape index (κ2) is 11.3. The minimum absolute atomic E-state index is 0. The molecular weight excluding hydrogens is 285 g/mol. The van der Waals surface area contributed by atoms with Gasteiger partial charge in [0.1, 0.15) is 0 Å². The second-order valence-electron chi connectivity index (χ2n) is 3.35. The number of carboxylic acid groups (broad SMARTS) is 1. The van der Waals surface area contributed by atoms with E-state index in [9.17, 15) is 22.6 Å². The molecule has 0 aliphatic carbocycles. The Morgan fingerprint density at radius 2 is 1.68 bits per heavy atom. The number of likely N-dealkylation sites (N-methyl/N-ethyl adjacent to an activating group) is 1. The summed E-state index contributed by atoms with van der Waals surface area (Å²) >= 11 is 0. The molecule has 0 bridgehead atoms. The van der Waals surface area contributed by atoms with E-state index in [1.54, 1.807) is 0 Å². The fraction of sp³-hybridized carbons (Fsp3) is 0.400. The van der Waals surface area contributed by atoms with E-state index in [1.807, 2.05) is 0 Å². The maximum atomic E-state index is 11.1. The van der Waals surface area contributed by atoms with Crippen molar-refractivity contribution in [3.05, 3.63) is 25.3 Å². The van der Waals surface area contributed by atoms with Crippen LogP contribution in [0.3, 0.4) is 0 Å². The molecule has 0 aromatic carbocycles. The van der Waals surface area contributed by atoms with Gasteiger partial charge in [-0.15, -0.1) is 0 Å². The third-order valence-corrected chi connectivity index (χ3v) is 2.41. The largest absolute Gasteiger partial charge is 1.00 e. The van der Waals surface area contributed by atoms with Gasteiger partial charge in [0, 0.05) is 6.08 Å². The normalized spacial score (nSPS) is 11.4. The van der Waals surface area contributed by atoms with Crippen molar-refractivity contribution in [2.24, 2.45) is 0 Å². The van der Waals surface area contributed by atoms with Crippen molar-refractivity contribution in [2.75, 3.05) is 19.8 Å². The van der Waals surface area contributed by atoms with Crippen molar-refractivity contribution in [3.63, 3.8) is 0 Å². The molecular formula is C10H16NNaO6S. The first-order valence-corrected chi connectivity index (χ1v) is 6.24. The quantitative estimate of drug-likeness (QED) is 0.307. The van der Waals surface area contributed by atoms with Crippen molar-refractivity contribution >= 4 is 21.9 Å². The average Bonchev–Trinajstić information content (AvgIpc) is 2.24. The number of hydrogen-bond donors (Lipinski definition) is 1. The van der Waals surface area contributed by atoms with Gasteiger partial charge in [0.15, 0.2) is 5.78 Å². The van der Waals surface area contributed by atoms with Crippen LogP contribution in [0, 0.1) is 0 Å². The van der Waals surface area contributed by atoms with Crippen LogP contribution < -0.4 is 29.6 Å². The molecule has 0 saturated heterocycles. The van der Waals surface area contributed by atoms with Gasteiger partial charge in [-0.1, -0.05) is 13.2 Å². The van der Waals surface area contributed by atoms with Crippen LogP contribution in [0.4, 0.5) is 0 Å². The Morgan fingerprint density at radius 1 is 1.32 bits per heavy atom. The summed E-state index contributed by atoms with van der Waals surface area (Å²) < 4.78 is 31.2. The molecule has 104 valence electrons. The van der Waals surface area contributed by atoms with Gasteiger partial charge in [0.25, 0.3) is 0 Å². The summed E-state index contributed by atoms with van der Waals surface area (Å²) in [5.74, 6) is -2.17. The molecule has 9 heteroatoms. The number of nitrogens with zero attached hydrogens (tertiary/aromatic N) is 1. The zero-order valence-electron chi connectivity index (χ0n) is 11.2. The summed E-state index contributed by atoms with van der Waals surface area (Å²) in [6.45, 7) is 6.18. The summed E-state index contributed by atoms with van der Waals surface area (Å²) in [4.78, 5) is 21.7. The van der Waals surface area contributed by atoms with Gasteiger partial charge in [0.2, 0.25) is 0 Å². The molecule has 1 N–H and O–H groups in total. The standard InChI is InChI=1S/C7H13NO4S.C3H4O2.Na/c1-4-7(9)6(8(2)3)5-13(10,11)12;1-2-3(4)5;/h4,6H,1,5H2,2-3H3,(H,10,11,12);2H,1H2,(H,4,5);/q;;+1/p-1. The van der Waals surface area contributed by atoms with E-state index >= 15 is 0 Å². The molecule has 7 nitrogen and oxygen atoms in total. The Labute approximate surface area is 135 Å². The van der Waals surface area contributed by atoms with Gasteiger partial charge in [-0.2, -0.15) is 0 Å². The number of hydrogen-bond acceptors (Lipinski definition) is 6. The van der Waals surface area contributed by atoms with Crippen LogP contribution in [-0.4, -0.2) is 60.6 Å². The van der Waals surface area contributed by atoms with Crippen LogP contribution in [0.1, 0.15) is 0 Å². The maximum absolute atomic E-state index is 11.1. The Morgan fingerprint density at radius 3 is 1.84 bits per heavy atom. The molecule has 0 aromatic rings. The van der Waals surface area contributed by atoms with E-state index < -0.39 is 33.7 Å². The number of aliphatic carboxylic acids is 1. The van der Waals surface area contributed by atoms with E-state index in [4.69, 9.17) is 5.11 Å². The molecule has 0 radical (unpaired) electrons. The zero-order valence-corrected chi connectivity index (χ0v) is 14.0. The molecule has 1 unspecified atom stereocenters. The van der Waals surface area contributed by atoms with Crippen molar-refractivity contribution in [3.8, 4) is 0 Å². The molecule has 0 rings (SSSR count). The molecule has 1 atom stereocenters.